The lowest BCUT2D eigenvalue weighted by atomic mass is 10.2. The quantitative estimate of drug-likeness (QED) is 0.647. The number of amides is 1. The number of nitrogens with zero attached hydrogens (tertiary/aromatic N) is 4. The Morgan fingerprint density at radius 2 is 1.83 bits per heavy atom. The molecule has 1 amide bonds. The maximum atomic E-state index is 12.6. The van der Waals surface area contributed by atoms with Crippen molar-refractivity contribution < 1.29 is 9.53 Å². The number of piperazine rings is 1. The minimum Gasteiger partial charge on any atom is -0.378 e. The van der Waals surface area contributed by atoms with Gasteiger partial charge in [-0.05, 0) is 44.1 Å². The van der Waals surface area contributed by atoms with Crippen LogP contribution in [-0.2, 0) is 4.74 Å². The summed E-state index contributed by atoms with van der Waals surface area (Å²) in [6.45, 7) is 13.1. The fourth-order valence-electron chi connectivity index (χ4n) is 4.10. The molecule has 8 heteroatoms. The molecule has 1 aromatic carbocycles. The van der Waals surface area contributed by atoms with E-state index in [0.29, 0.717) is 12.1 Å². The summed E-state index contributed by atoms with van der Waals surface area (Å²) < 4.78 is 6.49. The predicted molar refractivity (Wildman–Crippen MR) is 123 cm³/mol. The van der Waals surface area contributed by atoms with Crippen LogP contribution < -0.4 is 10.2 Å². The number of hydrogen-bond acceptors (Lipinski definition) is 7. The molecule has 2 fully saturated rings. The molecule has 4 rings (SSSR count). The number of nitrogens with one attached hydrogen (secondary N) is 1. The van der Waals surface area contributed by atoms with E-state index >= 15 is 0 Å². The minimum absolute atomic E-state index is 0.00554. The van der Waals surface area contributed by atoms with Crippen molar-refractivity contribution in [1.82, 2.24) is 20.1 Å². The number of carbonyl (C=O) groups excluding carboxylic acids is 1. The summed E-state index contributed by atoms with van der Waals surface area (Å²) in [7, 11) is 0. The average Bonchev–Trinajstić information content (AvgIpc) is 3.22. The molecule has 2 aliphatic rings. The average molecular weight is 432 g/mol. The van der Waals surface area contributed by atoms with E-state index in [4.69, 9.17) is 9.72 Å². The van der Waals surface area contributed by atoms with Crippen LogP contribution in [0.2, 0.25) is 0 Å². The van der Waals surface area contributed by atoms with Gasteiger partial charge in [0.1, 0.15) is 0 Å². The van der Waals surface area contributed by atoms with Gasteiger partial charge in [-0.3, -0.25) is 4.79 Å². The number of rotatable bonds is 8. The van der Waals surface area contributed by atoms with Gasteiger partial charge in [-0.25, -0.2) is 4.98 Å². The second-order valence-electron chi connectivity index (χ2n) is 8.07. The Bertz CT molecular complexity index is 828. The lowest BCUT2D eigenvalue weighted by Gasteiger charge is -2.34. The molecule has 0 radical (unpaired) electrons. The van der Waals surface area contributed by atoms with Crippen LogP contribution in [0.25, 0.3) is 10.2 Å². The van der Waals surface area contributed by atoms with E-state index in [-0.39, 0.29) is 5.91 Å². The lowest BCUT2D eigenvalue weighted by Crippen LogP contribution is -2.47. The van der Waals surface area contributed by atoms with Gasteiger partial charge in [0.05, 0.1) is 23.4 Å². The highest BCUT2D eigenvalue weighted by atomic mass is 32.1. The Labute approximate surface area is 183 Å². The second-order valence-corrected chi connectivity index (χ2v) is 9.08. The van der Waals surface area contributed by atoms with Gasteiger partial charge < -0.3 is 24.8 Å². The van der Waals surface area contributed by atoms with Crippen LogP contribution in [0.15, 0.2) is 18.2 Å². The molecule has 0 saturated carbocycles. The lowest BCUT2D eigenvalue weighted by molar-refractivity contribution is 0.0948. The van der Waals surface area contributed by atoms with Gasteiger partial charge in [0.15, 0.2) is 5.13 Å². The highest BCUT2D eigenvalue weighted by molar-refractivity contribution is 7.22. The maximum Gasteiger partial charge on any atom is 0.251 e. The molecule has 0 aliphatic carbocycles. The van der Waals surface area contributed by atoms with Gasteiger partial charge in [0, 0.05) is 51.4 Å². The van der Waals surface area contributed by atoms with Gasteiger partial charge in [-0.2, -0.15) is 0 Å². The molecule has 2 aromatic rings. The van der Waals surface area contributed by atoms with Crippen molar-refractivity contribution in [3.8, 4) is 0 Å². The largest absolute Gasteiger partial charge is 0.378 e. The highest BCUT2D eigenvalue weighted by Gasteiger charge is 2.17. The zero-order valence-electron chi connectivity index (χ0n) is 17.9. The molecule has 7 nitrogen and oxygen atoms in total. The first-order chi connectivity index (χ1) is 14.7. The number of benzene rings is 1. The summed E-state index contributed by atoms with van der Waals surface area (Å²) in [5.74, 6) is 0.00554. The summed E-state index contributed by atoms with van der Waals surface area (Å²) in [5, 5.41) is 4.10. The molecule has 2 aliphatic heterocycles. The fourth-order valence-corrected chi connectivity index (χ4v) is 5.16. The SMILES string of the molecule is CCCN1CCN(CCCNC(=O)c2ccc3nc(N4CCOCC4)sc3c2)CC1. The van der Waals surface area contributed by atoms with Crippen molar-refractivity contribution in [2.75, 3.05) is 77.0 Å². The number of ether oxygens (including phenoxy) is 1. The second kappa shape index (κ2) is 10.5. The first-order valence-electron chi connectivity index (χ1n) is 11.2. The van der Waals surface area contributed by atoms with Crippen LogP contribution in [0.1, 0.15) is 30.1 Å². The third kappa shape index (κ3) is 5.49. The van der Waals surface area contributed by atoms with Crippen molar-refractivity contribution >= 4 is 32.6 Å². The van der Waals surface area contributed by atoms with Crippen molar-refractivity contribution in [3.63, 3.8) is 0 Å². The molecule has 1 N–H and O–H groups in total. The molecule has 0 bridgehead atoms. The number of carbonyl (C=O) groups is 1. The molecule has 0 unspecified atom stereocenters. The first-order valence-corrected chi connectivity index (χ1v) is 12.0. The van der Waals surface area contributed by atoms with E-state index in [1.165, 1.54) is 26.1 Å². The van der Waals surface area contributed by atoms with Crippen molar-refractivity contribution in [2.45, 2.75) is 19.8 Å². The van der Waals surface area contributed by atoms with E-state index in [9.17, 15) is 4.79 Å². The molecule has 30 heavy (non-hydrogen) atoms. The summed E-state index contributed by atoms with van der Waals surface area (Å²) in [6.07, 6.45) is 2.22. The Morgan fingerprint density at radius 3 is 2.57 bits per heavy atom. The van der Waals surface area contributed by atoms with E-state index in [1.54, 1.807) is 11.3 Å². The molecule has 3 heterocycles. The molecule has 0 spiro atoms. The molecular weight excluding hydrogens is 398 g/mol. The predicted octanol–water partition coefficient (Wildman–Crippen LogP) is 2.28. The van der Waals surface area contributed by atoms with Crippen LogP contribution in [0.4, 0.5) is 5.13 Å². The number of morpholine rings is 1. The first kappa shape index (κ1) is 21.5. The van der Waals surface area contributed by atoms with Crippen molar-refractivity contribution in [3.05, 3.63) is 23.8 Å². The summed E-state index contributed by atoms with van der Waals surface area (Å²) in [6, 6.07) is 5.81. The smallest absolute Gasteiger partial charge is 0.251 e. The van der Waals surface area contributed by atoms with Crippen LogP contribution in [-0.4, -0.2) is 92.8 Å². The number of aromatic nitrogens is 1. The van der Waals surface area contributed by atoms with Crippen molar-refractivity contribution in [1.29, 1.82) is 0 Å². The van der Waals surface area contributed by atoms with E-state index in [1.807, 2.05) is 18.2 Å². The van der Waals surface area contributed by atoms with Crippen LogP contribution in [0.3, 0.4) is 0 Å². The zero-order chi connectivity index (χ0) is 20.8. The Kier molecular flexibility index (Phi) is 7.54. The Balaban J connectivity index is 1.23. The topological polar surface area (TPSA) is 60.9 Å². The third-order valence-corrected chi connectivity index (χ3v) is 6.94. The van der Waals surface area contributed by atoms with Crippen LogP contribution >= 0.6 is 11.3 Å². The van der Waals surface area contributed by atoms with Gasteiger partial charge in [-0.1, -0.05) is 18.3 Å². The van der Waals surface area contributed by atoms with Gasteiger partial charge in [-0.15, -0.1) is 0 Å². The minimum atomic E-state index is 0.00554. The summed E-state index contributed by atoms with van der Waals surface area (Å²) in [5.41, 5.74) is 1.67. The number of hydrogen-bond donors (Lipinski definition) is 1. The zero-order valence-corrected chi connectivity index (χ0v) is 18.8. The number of fused-ring (bicyclic) bond motifs is 1. The fraction of sp³-hybridized carbons (Fsp3) is 0.636. The Morgan fingerprint density at radius 1 is 1.10 bits per heavy atom. The van der Waals surface area contributed by atoms with E-state index in [0.717, 1.165) is 67.7 Å². The summed E-state index contributed by atoms with van der Waals surface area (Å²) in [4.78, 5) is 24.6. The van der Waals surface area contributed by atoms with Gasteiger partial charge >= 0.3 is 0 Å². The standard InChI is InChI=1S/C22H33N5O2S/c1-2-7-25-9-11-26(12-10-25)8-3-6-23-21(28)18-4-5-19-20(17-18)30-22(24-19)27-13-15-29-16-14-27/h4-5,17H,2-3,6-16H2,1H3,(H,23,28). The van der Waals surface area contributed by atoms with Crippen molar-refractivity contribution in [2.24, 2.45) is 0 Å². The molecule has 2 saturated heterocycles. The molecule has 0 atom stereocenters. The molecule has 164 valence electrons. The normalized spacial score (nSPS) is 18.8. The van der Waals surface area contributed by atoms with Crippen LogP contribution in [0, 0.1) is 0 Å². The monoisotopic (exact) mass is 431 g/mol. The van der Waals surface area contributed by atoms with Gasteiger partial charge in [0.2, 0.25) is 0 Å². The number of anilines is 1. The van der Waals surface area contributed by atoms with Crippen LogP contribution in [0.5, 0.6) is 0 Å². The van der Waals surface area contributed by atoms with Gasteiger partial charge in [0.25, 0.3) is 5.91 Å². The summed E-state index contributed by atoms with van der Waals surface area (Å²) >= 11 is 1.65. The number of thiazole rings is 1. The highest BCUT2D eigenvalue weighted by Crippen LogP contribution is 2.30. The third-order valence-electron chi connectivity index (χ3n) is 5.86. The maximum absolute atomic E-state index is 12.6. The van der Waals surface area contributed by atoms with E-state index in [2.05, 4.69) is 26.9 Å². The van der Waals surface area contributed by atoms with E-state index < -0.39 is 0 Å². The Hall–Kier alpha value is -1.74. The molecular formula is C22H33N5O2S. The molecule has 1 aromatic heterocycles.